The minimum absolute atomic E-state index is 0.0469. The number of sulfonamides is 1. The smallest absolute Gasteiger partial charge is 0.321 e. The van der Waals surface area contributed by atoms with Crippen molar-refractivity contribution < 1.29 is 28.2 Å². The lowest BCUT2D eigenvalue weighted by Crippen LogP contribution is -2.40. The molecule has 0 amide bonds. The molecule has 0 aliphatic heterocycles. The van der Waals surface area contributed by atoms with Crippen LogP contribution < -0.4 is 4.72 Å². The summed E-state index contributed by atoms with van der Waals surface area (Å²) in [5.41, 5.74) is 0. The largest absolute Gasteiger partial charge is 0.481 e. The Hall–Kier alpha value is -1.15. The van der Waals surface area contributed by atoms with Gasteiger partial charge in [0.05, 0.1) is 6.26 Å². The van der Waals surface area contributed by atoms with Gasteiger partial charge in [0, 0.05) is 6.42 Å². The van der Waals surface area contributed by atoms with E-state index in [0.29, 0.717) is 0 Å². The summed E-state index contributed by atoms with van der Waals surface area (Å²) in [6, 6.07) is -1.26. The van der Waals surface area contributed by atoms with E-state index in [1.54, 1.807) is 0 Å². The lowest BCUT2D eigenvalue weighted by Gasteiger charge is -2.11. The Bertz CT molecular complexity index is 335. The lowest BCUT2D eigenvalue weighted by molar-refractivity contribution is -0.140. The fourth-order valence-electron chi connectivity index (χ4n) is 0.949. The number of carboxylic acid groups (broad SMARTS) is 2. The summed E-state index contributed by atoms with van der Waals surface area (Å²) < 4.78 is 23.4. The van der Waals surface area contributed by atoms with Gasteiger partial charge < -0.3 is 10.2 Å². The van der Waals surface area contributed by atoms with Crippen LogP contribution in [-0.4, -0.2) is 42.9 Å². The van der Waals surface area contributed by atoms with Crippen LogP contribution in [0.4, 0.5) is 0 Å². The van der Waals surface area contributed by atoms with Crippen molar-refractivity contribution in [2.75, 3.05) is 6.26 Å². The first-order valence-electron chi connectivity index (χ1n) is 4.14. The van der Waals surface area contributed by atoms with E-state index in [4.69, 9.17) is 10.2 Å². The van der Waals surface area contributed by atoms with Crippen molar-refractivity contribution in [2.45, 2.75) is 25.3 Å². The fourth-order valence-corrected chi connectivity index (χ4v) is 1.68. The third-order valence-electron chi connectivity index (χ3n) is 1.54. The van der Waals surface area contributed by atoms with Gasteiger partial charge in [-0.2, -0.15) is 0 Å². The molecule has 0 aliphatic carbocycles. The molecule has 1 atom stereocenters. The van der Waals surface area contributed by atoms with Crippen molar-refractivity contribution in [3.8, 4) is 0 Å². The zero-order chi connectivity index (χ0) is 12.1. The average Bonchev–Trinajstić information content (AvgIpc) is 1.99. The van der Waals surface area contributed by atoms with Crippen LogP contribution in [0.25, 0.3) is 0 Å². The molecule has 88 valence electrons. The molecule has 1 unspecified atom stereocenters. The van der Waals surface area contributed by atoms with Crippen molar-refractivity contribution in [1.29, 1.82) is 0 Å². The van der Waals surface area contributed by atoms with Crippen LogP contribution in [-0.2, 0) is 19.6 Å². The SMILES string of the molecule is CS(=O)(=O)NC(CCCC(=O)O)C(=O)O. The first kappa shape index (κ1) is 13.8. The second-order valence-electron chi connectivity index (χ2n) is 3.07. The number of hydrogen-bond acceptors (Lipinski definition) is 4. The molecular weight excluding hydrogens is 226 g/mol. The van der Waals surface area contributed by atoms with Gasteiger partial charge in [0.2, 0.25) is 10.0 Å². The summed E-state index contributed by atoms with van der Waals surface area (Å²) in [6.07, 6.45) is 0.721. The van der Waals surface area contributed by atoms with Gasteiger partial charge in [0.1, 0.15) is 6.04 Å². The quantitative estimate of drug-likeness (QED) is 0.537. The van der Waals surface area contributed by atoms with Crippen molar-refractivity contribution in [1.82, 2.24) is 4.72 Å². The number of nitrogens with one attached hydrogen (secondary N) is 1. The van der Waals surface area contributed by atoms with Crippen LogP contribution in [0.5, 0.6) is 0 Å². The second-order valence-corrected chi connectivity index (χ2v) is 4.85. The van der Waals surface area contributed by atoms with Crippen molar-refractivity contribution >= 4 is 22.0 Å². The molecule has 0 aromatic heterocycles. The minimum atomic E-state index is -3.60. The van der Waals surface area contributed by atoms with E-state index in [1.807, 2.05) is 4.72 Å². The molecule has 0 saturated carbocycles. The number of carboxylic acids is 2. The standard InChI is InChI=1S/C7H13NO6S/c1-15(13,14)8-5(7(11)12)3-2-4-6(9)10/h5,8H,2-4H2,1H3,(H,9,10)(H,11,12). The topological polar surface area (TPSA) is 121 Å². The Morgan fingerprint density at radius 3 is 2.20 bits per heavy atom. The van der Waals surface area contributed by atoms with E-state index < -0.39 is 28.0 Å². The van der Waals surface area contributed by atoms with Crippen molar-refractivity contribution in [2.24, 2.45) is 0 Å². The van der Waals surface area contributed by atoms with Crippen LogP contribution in [0.15, 0.2) is 0 Å². The Labute approximate surface area is 87.2 Å². The average molecular weight is 239 g/mol. The van der Waals surface area contributed by atoms with Crippen LogP contribution in [0.1, 0.15) is 19.3 Å². The predicted octanol–water partition coefficient (Wildman–Crippen LogP) is -0.756. The van der Waals surface area contributed by atoms with Gasteiger partial charge in [-0.3, -0.25) is 9.59 Å². The van der Waals surface area contributed by atoms with Gasteiger partial charge in [-0.05, 0) is 12.8 Å². The molecule has 0 bridgehead atoms. The number of aliphatic carboxylic acids is 2. The highest BCUT2D eigenvalue weighted by atomic mass is 32.2. The number of rotatable bonds is 7. The van der Waals surface area contributed by atoms with Gasteiger partial charge in [-0.25, -0.2) is 13.1 Å². The maximum Gasteiger partial charge on any atom is 0.321 e. The zero-order valence-electron chi connectivity index (χ0n) is 8.13. The highest BCUT2D eigenvalue weighted by Gasteiger charge is 2.20. The third kappa shape index (κ3) is 7.89. The fraction of sp³-hybridized carbons (Fsp3) is 0.714. The van der Waals surface area contributed by atoms with E-state index >= 15 is 0 Å². The van der Waals surface area contributed by atoms with Crippen molar-refractivity contribution in [3.05, 3.63) is 0 Å². The normalized spacial score (nSPS) is 13.4. The predicted molar refractivity (Wildman–Crippen MR) is 50.9 cm³/mol. The van der Waals surface area contributed by atoms with Crippen LogP contribution >= 0.6 is 0 Å². The maximum atomic E-state index is 10.8. The van der Waals surface area contributed by atoms with E-state index in [-0.39, 0.29) is 19.3 Å². The molecule has 0 aliphatic rings. The summed E-state index contributed by atoms with van der Waals surface area (Å²) in [5.74, 6) is -2.36. The summed E-state index contributed by atoms with van der Waals surface area (Å²) in [5, 5.41) is 16.9. The highest BCUT2D eigenvalue weighted by Crippen LogP contribution is 2.02. The van der Waals surface area contributed by atoms with Crippen LogP contribution in [0.3, 0.4) is 0 Å². The Balaban J connectivity index is 4.18. The van der Waals surface area contributed by atoms with E-state index in [2.05, 4.69) is 0 Å². The molecule has 0 heterocycles. The van der Waals surface area contributed by atoms with E-state index in [0.717, 1.165) is 6.26 Å². The Morgan fingerprint density at radius 1 is 1.33 bits per heavy atom. The van der Waals surface area contributed by atoms with Gasteiger partial charge in [-0.15, -0.1) is 0 Å². The second kappa shape index (κ2) is 5.66. The lowest BCUT2D eigenvalue weighted by atomic mass is 10.1. The monoisotopic (exact) mass is 239 g/mol. The summed E-state index contributed by atoms with van der Waals surface area (Å²) in [4.78, 5) is 20.7. The van der Waals surface area contributed by atoms with Gasteiger partial charge in [-0.1, -0.05) is 0 Å². The summed E-state index contributed by atoms with van der Waals surface area (Å²) in [6.45, 7) is 0. The molecule has 0 aromatic carbocycles. The van der Waals surface area contributed by atoms with Gasteiger partial charge in [0.25, 0.3) is 0 Å². The maximum absolute atomic E-state index is 10.8. The molecule has 0 rings (SSSR count). The third-order valence-corrected chi connectivity index (χ3v) is 2.25. The molecule has 7 nitrogen and oxygen atoms in total. The summed E-state index contributed by atoms with van der Waals surface area (Å²) >= 11 is 0. The minimum Gasteiger partial charge on any atom is -0.481 e. The zero-order valence-corrected chi connectivity index (χ0v) is 8.95. The molecule has 0 fully saturated rings. The highest BCUT2D eigenvalue weighted by molar-refractivity contribution is 7.88. The Morgan fingerprint density at radius 2 is 1.87 bits per heavy atom. The molecule has 0 aromatic rings. The van der Waals surface area contributed by atoms with E-state index in [1.165, 1.54) is 0 Å². The molecule has 3 N–H and O–H groups in total. The molecular formula is C7H13NO6S. The van der Waals surface area contributed by atoms with Gasteiger partial charge >= 0.3 is 11.9 Å². The summed E-state index contributed by atoms with van der Waals surface area (Å²) in [7, 11) is -3.60. The van der Waals surface area contributed by atoms with Crippen LogP contribution in [0, 0.1) is 0 Å². The Kier molecular flexibility index (Phi) is 5.23. The molecule has 0 spiro atoms. The van der Waals surface area contributed by atoms with Crippen LogP contribution in [0.2, 0.25) is 0 Å². The molecule has 15 heavy (non-hydrogen) atoms. The number of carbonyl (C=O) groups is 2. The van der Waals surface area contributed by atoms with E-state index in [9.17, 15) is 18.0 Å². The molecule has 0 saturated heterocycles. The first-order chi connectivity index (χ1) is 6.72. The number of hydrogen-bond donors (Lipinski definition) is 3. The molecule has 8 heteroatoms. The first-order valence-corrected chi connectivity index (χ1v) is 6.03. The molecule has 0 radical (unpaired) electrons. The van der Waals surface area contributed by atoms with Gasteiger partial charge in [0.15, 0.2) is 0 Å². The van der Waals surface area contributed by atoms with Crippen molar-refractivity contribution in [3.63, 3.8) is 0 Å².